The summed E-state index contributed by atoms with van der Waals surface area (Å²) < 4.78 is 5.36. The second kappa shape index (κ2) is 9.12. The molecule has 0 aliphatic carbocycles. The van der Waals surface area contributed by atoms with E-state index >= 15 is 0 Å². The Balaban J connectivity index is 2.44. The maximum Gasteiger partial charge on any atom is 0.267 e. The lowest BCUT2D eigenvalue weighted by Gasteiger charge is -2.14. The van der Waals surface area contributed by atoms with E-state index in [-0.39, 0.29) is 5.91 Å². The van der Waals surface area contributed by atoms with Crippen LogP contribution in [0.3, 0.4) is 0 Å². The molecule has 120 valence electrons. The van der Waals surface area contributed by atoms with Gasteiger partial charge in [0.15, 0.2) is 6.29 Å². The monoisotopic (exact) mass is 305 g/mol. The van der Waals surface area contributed by atoms with E-state index < -0.39 is 6.29 Å². The molecule has 0 saturated heterocycles. The van der Waals surface area contributed by atoms with Gasteiger partial charge in [0, 0.05) is 11.6 Å². The maximum atomic E-state index is 11.6. The van der Waals surface area contributed by atoms with Crippen LogP contribution in [0.25, 0.3) is 6.08 Å². The van der Waals surface area contributed by atoms with E-state index in [1.54, 1.807) is 25.1 Å². The summed E-state index contributed by atoms with van der Waals surface area (Å²) in [6.45, 7) is 8.19. The number of amides is 1. The average molecular weight is 305 g/mol. The highest BCUT2D eigenvalue weighted by molar-refractivity contribution is 5.91. The van der Waals surface area contributed by atoms with Crippen LogP contribution >= 0.6 is 0 Å². The summed E-state index contributed by atoms with van der Waals surface area (Å²) in [5.74, 6) is 0.0244. The zero-order chi connectivity index (χ0) is 16.5. The summed E-state index contributed by atoms with van der Waals surface area (Å²) >= 11 is 0. The minimum Gasteiger partial charge on any atom is -0.350 e. The second-order valence-corrected chi connectivity index (χ2v) is 5.45. The molecule has 5 heteroatoms. The number of nitrogens with one attached hydrogen (secondary N) is 1. The molecule has 0 aromatic heterocycles. The number of carbonyl (C=O) groups excluding carboxylic acids is 2. The molecule has 0 aliphatic heterocycles. The van der Waals surface area contributed by atoms with Gasteiger partial charge in [0.25, 0.3) is 5.91 Å². The van der Waals surface area contributed by atoms with Crippen LogP contribution in [0, 0.1) is 12.8 Å². The summed E-state index contributed by atoms with van der Waals surface area (Å²) in [5, 5.41) is 0. The molecule has 1 amide bonds. The molecule has 0 spiro atoms. The molecule has 1 aromatic carbocycles. The Bertz CT molecular complexity index is 537. The summed E-state index contributed by atoms with van der Waals surface area (Å²) in [6, 6.07) is 5.33. The SMILES string of the molecule is Cc1cc(/C=C/C(=O)NOC(C)OCC(C)C)ccc1C=O. The van der Waals surface area contributed by atoms with Gasteiger partial charge in [-0.2, -0.15) is 0 Å². The van der Waals surface area contributed by atoms with E-state index in [9.17, 15) is 9.59 Å². The third-order valence-electron chi connectivity index (χ3n) is 2.84. The number of hydroxylamine groups is 1. The smallest absolute Gasteiger partial charge is 0.267 e. The molecule has 0 heterocycles. The first-order valence-electron chi connectivity index (χ1n) is 7.23. The summed E-state index contributed by atoms with van der Waals surface area (Å²) in [4.78, 5) is 27.5. The van der Waals surface area contributed by atoms with Gasteiger partial charge in [-0.1, -0.05) is 32.0 Å². The van der Waals surface area contributed by atoms with Crippen LogP contribution in [-0.2, 0) is 14.4 Å². The second-order valence-electron chi connectivity index (χ2n) is 5.45. The van der Waals surface area contributed by atoms with E-state index in [0.717, 1.165) is 17.4 Å². The Morgan fingerprint density at radius 2 is 2.05 bits per heavy atom. The van der Waals surface area contributed by atoms with E-state index in [4.69, 9.17) is 9.57 Å². The highest BCUT2D eigenvalue weighted by atomic mass is 16.8. The van der Waals surface area contributed by atoms with Crippen LogP contribution in [-0.4, -0.2) is 25.1 Å². The molecule has 0 aliphatic rings. The molecule has 0 saturated carbocycles. The van der Waals surface area contributed by atoms with Crippen LogP contribution in [0.4, 0.5) is 0 Å². The number of hydrogen-bond acceptors (Lipinski definition) is 4. The number of hydrogen-bond donors (Lipinski definition) is 1. The quantitative estimate of drug-likeness (QED) is 0.347. The van der Waals surface area contributed by atoms with Gasteiger partial charge >= 0.3 is 0 Å². The fourth-order valence-electron chi connectivity index (χ4n) is 1.64. The third-order valence-corrected chi connectivity index (χ3v) is 2.84. The minimum atomic E-state index is -0.506. The van der Waals surface area contributed by atoms with Gasteiger partial charge in [0.1, 0.15) is 6.29 Å². The van der Waals surface area contributed by atoms with Crippen molar-refractivity contribution in [1.29, 1.82) is 0 Å². The number of benzene rings is 1. The molecule has 1 atom stereocenters. The van der Waals surface area contributed by atoms with Crippen molar-refractivity contribution in [1.82, 2.24) is 5.48 Å². The van der Waals surface area contributed by atoms with Gasteiger partial charge in [0.05, 0.1) is 6.61 Å². The van der Waals surface area contributed by atoms with Crippen LogP contribution in [0.2, 0.25) is 0 Å². The summed E-state index contributed by atoms with van der Waals surface area (Å²) in [6.07, 6.45) is 3.32. The highest BCUT2D eigenvalue weighted by Crippen LogP contribution is 2.10. The highest BCUT2D eigenvalue weighted by Gasteiger charge is 2.05. The fraction of sp³-hybridized carbons (Fsp3) is 0.412. The van der Waals surface area contributed by atoms with Crippen molar-refractivity contribution in [2.45, 2.75) is 34.0 Å². The van der Waals surface area contributed by atoms with Crippen molar-refractivity contribution in [2.24, 2.45) is 5.92 Å². The Morgan fingerprint density at radius 1 is 1.32 bits per heavy atom. The lowest BCUT2D eigenvalue weighted by Crippen LogP contribution is -2.29. The van der Waals surface area contributed by atoms with Gasteiger partial charge in [-0.25, -0.2) is 10.3 Å². The molecule has 0 fully saturated rings. The molecule has 0 radical (unpaired) electrons. The van der Waals surface area contributed by atoms with E-state index in [0.29, 0.717) is 18.1 Å². The van der Waals surface area contributed by atoms with Gasteiger partial charge in [-0.3, -0.25) is 9.59 Å². The molecule has 1 rings (SSSR count). The van der Waals surface area contributed by atoms with E-state index in [1.807, 2.05) is 26.8 Å². The van der Waals surface area contributed by atoms with Gasteiger partial charge in [-0.15, -0.1) is 0 Å². The number of aryl methyl sites for hydroxylation is 1. The first-order valence-corrected chi connectivity index (χ1v) is 7.23. The molecule has 22 heavy (non-hydrogen) atoms. The Morgan fingerprint density at radius 3 is 2.64 bits per heavy atom. The predicted molar refractivity (Wildman–Crippen MR) is 85.1 cm³/mol. The molecule has 5 nitrogen and oxygen atoms in total. The molecule has 0 bridgehead atoms. The predicted octanol–water partition coefficient (Wildman–Crippen LogP) is 2.89. The lowest BCUT2D eigenvalue weighted by atomic mass is 10.1. The van der Waals surface area contributed by atoms with Gasteiger partial charge in [-0.05, 0) is 37.0 Å². The first-order chi connectivity index (χ1) is 10.4. The van der Waals surface area contributed by atoms with E-state index in [2.05, 4.69) is 5.48 Å². The Hall–Kier alpha value is -1.98. The van der Waals surface area contributed by atoms with Crippen LogP contribution in [0.1, 0.15) is 42.3 Å². The van der Waals surface area contributed by atoms with Crippen molar-refractivity contribution in [3.8, 4) is 0 Å². The number of rotatable bonds is 8. The van der Waals surface area contributed by atoms with Crippen molar-refractivity contribution in [3.05, 3.63) is 41.0 Å². The maximum absolute atomic E-state index is 11.6. The zero-order valence-corrected chi connectivity index (χ0v) is 13.5. The summed E-state index contributed by atoms with van der Waals surface area (Å²) in [7, 11) is 0. The lowest BCUT2D eigenvalue weighted by molar-refractivity contribution is -0.180. The van der Waals surface area contributed by atoms with Crippen molar-refractivity contribution >= 4 is 18.3 Å². The van der Waals surface area contributed by atoms with Crippen molar-refractivity contribution in [3.63, 3.8) is 0 Å². The largest absolute Gasteiger partial charge is 0.350 e. The molecule has 1 unspecified atom stereocenters. The minimum absolute atomic E-state index is 0.378. The molecular weight excluding hydrogens is 282 g/mol. The number of aldehydes is 1. The molecule has 1 aromatic rings. The normalized spacial score (nSPS) is 12.6. The molecule has 1 N–H and O–H groups in total. The Labute approximate surface area is 131 Å². The first kappa shape index (κ1) is 18.1. The number of carbonyl (C=O) groups is 2. The van der Waals surface area contributed by atoms with Crippen LogP contribution in [0.15, 0.2) is 24.3 Å². The van der Waals surface area contributed by atoms with Crippen molar-refractivity contribution in [2.75, 3.05) is 6.61 Å². The number of ether oxygens (including phenoxy) is 1. The van der Waals surface area contributed by atoms with Gasteiger partial charge < -0.3 is 4.74 Å². The van der Waals surface area contributed by atoms with Gasteiger partial charge in [0.2, 0.25) is 0 Å². The fourth-order valence-corrected chi connectivity index (χ4v) is 1.64. The molecular formula is C17H23NO4. The summed E-state index contributed by atoms with van der Waals surface area (Å²) in [5.41, 5.74) is 4.65. The van der Waals surface area contributed by atoms with Crippen molar-refractivity contribution < 1.29 is 19.2 Å². The van der Waals surface area contributed by atoms with Crippen LogP contribution in [0.5, 0.6) is 0 Å². The Kier molecular flexibility index (Phi) is 7.49. The van der Waals surface area contributed by atoms with E-state index in [1.165, 1.54) is 6.08 Å². The average Bonchev–Trinajstić information content (AvgIpc) is 2.48. The third kappa shape index (κ3) is 6.65. The standard InChI is InChI=1S/C17H23NO4/c1-12(2)11-21-14(4)22-18-17(20)8-6-15-5-7-16(10-19)13(3)9-15/h5-10,12,14H,11H2,1-4H3,(H,18,20)/b8-6+. The van der Waals surface area contributed by atoms with Crippen LogP contribution < -0.4 is 5.48 Å². The zero-order valence-electron chi connectivity index (χ0n) is 13.5. The topological polar surface area (TPSA) is 64.6 Å².